The minimum absolute atomic E-state index is 0.189. The average Bonchev–Trinajstić information content (AvgIpc) is 2.75. The third-order valence-electron chi connectivity index (χ3n) is 4.37. The van der Waals surface area contributed by atoms with Gasteiger partial charge in [-0.3, -0.25) is 9.69 Å². The van der Waals surface area contributed by atoms with Crippen LogP contribution < -0.4 is 20.1 Å². The summed E-state index contributed by atoms with van der Waals surface area (Å²) >= 11 is 0. The van der Waals surface area contributed by atoms with E-state index in [0.29, 0.717) is 29.6 Å². The Morgan fingerprint density at radius 3 is 2.54 bits per heavy atom. The van der Waals surface area contributed by atoms with E-state index in [1.807, 2.05) is 6.07 Å². The fourth-order valence-electron chi connectivity index (χ4n) is 2.81. The van der Waals surface area contributed by atoms with Crippen molar-refractivity contribution in [2.45, 2.75) is 0 Å². The number of aromatic nitrogens is 2. The largest absolute Gasteiger partial charge is 0.493 e. The van der Waals surface area contributed by atoms with Crippen molar-refractivity contribution >= 4 is 17.5 Å². The second-order valence-electron chi connectivity index (χ2n) is 6.20. The van der Waals surface area contributed by atoms with Gasteiger partial charge in [0, 0.05) is 50.3 Å². The average molecular weight is 387 g/mol. The molecule has 1 aromatic carbocycles. The Morgan fingerprint density at radius 2 is 1.86 bits per heavy atom. The van der Waals surface area contributed by atoms with Crippen molar-refractivity contribution in [1.82, 2.24) is 20.2 Å². The van der Waals surface area contributed by atoms with Crippen LogP contribution in [0.25, 0.3) is 0 Å². The standard InChI is InChI=1S/C19H25N5O4/c1-26-16-4-3-15(11-17(16)27-2)23-19-21-12-14(13-22-19)18(25)20-5-6-24-7-9-28-10-8-24/h3-4,11-13H,5-10H2,1-2H3,(H,20,25)(H,21,22,23). The number of amides is 1. The van der Waals surface area contributed by atoms with Crippen LogP contribution in [0.5, 0.6) is 11.5 Å². The van der Waals surface area contributed by atoms with Gasteiger partial charge in [-0.15, -0.1) is 0 Å². The van der Waals surface area contributed by atoms with Crippen LogP contribution in [-0.4, -0.2) is 74.4 Å². The number of hydrogen-bond donors (Lipinski definition) is 2. The highest BCUT2D eigenvalue weighted by Gasteiger charge is 2.12. The van der Waals surface area contributed by atoms with Gasteiger partial charge in [-0.25, -0.2) is 9.97 Å². The molecule has 0 saturated carbocycles. The molecular weight excluding hydrogens is 362 g/mol. The van der Waals surface area contributed by atoms with E-state index in [2.05, 4.69) is 25.5 Å². The molecule has 9 nitrogen and oxygen atoms in total. The topological polar surface area (TPSA) is 97.8 Å². The molecule has 0 spiro atoms. The molecule has 28 heavy (non-hydrogen) atoms. The number of anilines is 2. The van der Waals surface area contributed by atoms with Crippen LogP contribution in [0, 0.1) is 0 Å². The third kappa shape index (κ3) is 5.30. The van der Waals surface area contributed by atoms with Gasteiger partial charge < -0.3 is 24.8 Å². The van der Waals surface area contributed by atoms with Crippen molar-refractivity contribution in [3.63, 3.8) is 0 Å². The van der Waals surface area contributed by atoms with Crippen molar-refractivity contribution in [1.29, 1.82) is 0 Å². The highest BCUT2D eigenvalue weighted by atomic mass is 16.5. The zero-order valence-electron chi connectivity index (χ0n) is 16.1. The first kappa shape index (κ1) is 19.8. The van der Waals surface area contributed by atoms with Gasteiger partial charge in [0.2, 0.25) is 5.95 Å². The molecule has 1 aliphatic rings. The maximum Gasteiger partial charge on any atom is 0.254 e. The van der Waals surface area contributed by atoms with Crippen LogP contribution >= 0.6 is 0 Å². The van der Waals surface area contributed by atoms with E-state index in [1.165, 1.54) is 12.4 Å². The zero-order chi connectivity index (χ0) is 19.8. The minimum atomic E-state index is -0.189. The number of rotatable bonds is 8. The molecule has 3 rings (SSSR count). The minimum Gasteiger partial charge on any atom is -0.493 e. The van der Waals surface area contributed by atoms with Gasteiger partial charge in [0.15, 0.2) is 11.5 Å². The number of ether oxygens (including phenoxy) is 3. The van der Waals surface area contributed by atoms with Crippen LogP contribution in [-0.2, 0) is 4.74 Å². The molecule has 1 aliphatic heterocycles. The molecule has 1 amide bonds. The number of carbonyl (C=O) groups is 1. The first-order valence-electron chi connectivity index (χ1n) is 9.09. The van der Waals surface area contributed by atoms with Gasteiger partial charge in [0.1, 0.15) is 0 Å². The summed E-state index contributed by atoms with van der Waals surface area (Å²) < 4.78 is 15.8. The quantitative estimate of drug-likeness (QED) is 0.700. The maximum atomic E-state index is 12.2. The third-order valence-corrected chi connectivity index (χ3v) is 4.37. The lowest BCUT2D eigenvalue weighted by molar-refractivity contribution is 0.0383. The molecule has 150 valence electrons. The maximum absolute atomic E-state index is 12.2. The smallest absolute Gasteiger partial charge is 0.254 e. The molecule has 1 saturated heterocycles. The van der Waals surface area contributed by atoms with Gasteiger partial charge in [-0.1, -0.05) is 0 Å². The van der Waals surface area contributed by atoms with E-state index in [0.717, 1.165) is 38.5 Å². The lowest BCUT2D eigenvalue weighted by Gasteiger charge is -2.26. The SMILES string of the molecule is COc1ccc(Nc2ncc(C(=O)NCCN3CCOCC3)cn2)cc1OC. The summed E-state index contributed by atoms with van der Waals surface area (Å²) in [4.78, 5) is 22.9. The molecule has 2 heterocycles. The fraction of sp³-hybridized carbons (Fsp3) is 0.421. The highest BCUT2D eigenvalue weighted by molar-refractivity contribution is 5.93. The fourth-order valence-corrected chi connectivity index (χ4v) is 2.81. The second-order valence-corrected chi connectivity index (χ2v) is 6.20. The summed E-state index contributed by atoms with van der Waals surface area (Å²) in [5, 5.41) is 5.97. The van der Waals surface area contributed by atoms with E-state index in [-0.39, 0.29) is 5.91 Å². The van der Waals surface area contributed by atoms with Gasteiger partial charge in [0.25, 0.3) is 5.91 Å². The molecule has 0 unspecified atom stereocenters. The molecule has 0 radical (unpaired) electrons. The van der Waals surface area contributed by atoms with E-state index in [1.54, 1.807) is 26.4 Å². The Kier molecular flexibility index (Phi) is 6.99. The molecule has 1 aromatic heterocycles. The summed E-state index contributed by atoms with van der Waals surface area (Å²) in [7, 11) is 3.16. The number of morpholine rings is 1. The molecule has 2 aromatic rings. The Hall–Kier alpha value is -2.91. The first-order chi connectivity index (χ1) is 13.7. The first-order valence-corrected chi connectivity index (χ1v) is 9.09. The Morgan fingerprint density at radius 1 is 1.14 bits per heavy atom. The number of benzene rings is 1. The van der Waals surface area contributed by atoms with Gasteiger partial charge >= 0.3 is 0 Å². The molecule has 9 heteroatoms. The summed E-state index contributed by atoms with van der Waals surface area (Å²) in [6.07, 6.45) is 3.00. The van der Waals surface area contributed by atoms with E-state index < -0.39 is 0 Å². The molecule has 0 bridgehead atoms. The zero-order valence-corrected chi connectivity index (χ0v) is 16.1. The van der Waals surface area contributed by atoms with Gasteiger partial charge in [-0.2, -0.15) is 0 Å². The molecule has 0 aliphatic carbocycles. The Bertz CT molecular complexity index is 778. The summed E-state index contributed by atoms with van der Waals surface area (Å²) in [5.41, 5.74) is 1.17. The van der Waals surface area contributed by atoms with Gasteiger partial charge in [-0.05, 0) is 12.1 Å². The molecular formula is C19H25N5O4. The van der Waals surface area contributed by atoms with E-state index in [9.17, 15) is 4.79 Å². The van der Waals surface area contributed by atoms with Crippen molar-refractivity contribution in [3.05, 3.63) is 36.2 Å². The normalized spacial score (nSPS) is 14.4. The highest BCUT2D eigenvalue weighted by Crippen LogP contribution is 2.30. The molecule has 2 N–H and O–H groups in total. The predicted octanol–water partition coefficient (Wildman–Crippen LogP) is 1.30. The van der Waals surface area contributed by atoms with Crippen LogP contribution in [0.4, 0.5) is 11.6 Å². The molecule has 1 fully saturated rings. The van der Waals surface area contributed by atoms with Crippen LogP contribution in [0.2, 0.25) is 0 Å². The van der Waals surface area contributed by atoms with Crippen molar-refractivity contribution in [2.75, 3.05) is 58.9 Å². The number of carbonyl (C=O) groups excluding carboxylic acids is 1. The predicted molar refractivity (Wildman–Crippen MR) is 104 cm³/mol. The Labute approximate surface area is 164 Å². The van der Waals surface area contributed by atoms with Gasteiger partial charge in [0.05, 0.1) is 33.0 Å². The lowest BCUT2D eigenvalue weighted by atomic mass is 10.2. The van der Waals surface area contributed by atoms with Crippen LogP contribution in [0.1, 0.15) is 10.4 Å². The number of hydrogen-bond acceptors (Lipinski definition) is 8. The van der Waals surface area contributed by atoms with Crippen molar-refractivity contribution in [2.24, 2.45) is 0 Å². The van der Waals surface area contributed by atoms with Crippen LogP contribution in [0.3, 0.4) is 0 Å². The van der Waals surface area contributed by atoms with E-state index in [4.69, 9.17) is 14.2 Å². The molecule has 0 atom stereocenters. The summed E-state index contributed by atoms with van der Waals surface area (Å²) in [6.45, 7) is 4.66. The van der Waals surface area contributed by atoms with Crippen LogP contribution in [0.15, 0.2) is 30.6 Å². The van der Waals surface area contributed by atoms with Crippen molar-refractivity contribution in [3.8, 4) is 11.5 Å². The van der Waals surface area contributed by atoms with E-state index >= 15 is 0 Å². The monoisotopic (exact) mass is 387 g/mol. The second kappa shape index (κ2) is 9.86. The van der Waals surface area contributed by atoms with Crippen molar-refractivity contribution < 1.29 is 19.0 Å². The lowest BCUT2D eigenvalue weighted by Crippen LogP contribution is -2.41. The number of methoxy groups -OCH3 is 2. The number of nitrogens with one attached hydrogen (secondary N) is 2. The summed E-state index contributed by atoms with van der Waals surface area (Å²) in [5.74, 6) is 1.44. The summed E-state index contributed by atoms with van der Waals surface area (Å²) in [6, 6.07) is 5.41. The Balaban J connectivity index is 1.52. The number of nitrogens with zero attached hydrogens (tertiary/aromatic N) is 3.